The summed E-state index contributed by atoms with van der Waals surface area (Å²) < 4.78 is 5.44. The topological polar surface area (TPSA) is 50.7 Å². The fourth-order valence-electron chi connectivity index (χ4n) is 2.51. The van der Waals surface area contributed by atoms with Crippen LogP contribution in [0.3, 0.4) is 0 Å². The van der Waals surface area contributed by atoms with Crippen LogP contribution < -0.4 is 10.2 Å². The molecule has 1 amide bonds. The van der Waals surface area contributed by atoms with Gasteiger partial charge in [0.15, 0.2) is 6.61 Å². The Morgan fingerprint density at radius 3 is 3.10 bits per heavy atom. The van der Waals surface area contributed by atoms with E-state index < -0.39 is 0 Å². The Morgan fingerprint density at radius 2 is 2.35 bits per heavy atom. The van der Waals surface area contributed by atoms with Crippen molar-refractivity contribution in [2.75, 3.05) is 6.61 Å². The molecular formula is C16H22N2O2. The third-order valence-electron chi connectivity index (χ3n) is 3.63. The van der Waals surface area contributed by atoms with Gasteiger partial charge in [-0.1, -0.05) is 19.1 Å². The third kappa shape index (κ3) is 4.08. The molecule has 0 radical (unpaired) electrons. The molecule has 0 spiro atoms. The molecule has 4 nitrogen and oxygen atoms in total. The van der Waals surface area contributed by atoms with E-state index in [1.165, 1.54) is 12.8 Å². The molecule has 1 aliphatic rings. The van der Waals surface area contributed by atoms with Crippen molar-refractivity contribution in [1.29, 1.82) is 0 Å². The monoisotopic (exact) mass is 274 g/mol. The number of carbonyl (C=O) groups is 1. The van der Waals surface area contributed by atoms with Crippen LogP contribution in [0, 0.1) is 12.8 Å². The van der Waals surface area contributed by atoms with E-state index in [-0.39, 0.29) is 12.5 Å². The van der Waals surface area contributed by atoms with Gasteiger partial charge in [-0.15, -0.1) is 0 Å². The summed E-state index contributed by atoms with van der Waals surface area (Å²) in [5.74, 6) is 1.04. The second-order valence-corrected chi connectivity index (χ2v) is 5.24. The van der Waals surface area contributed by atoms with Gasteiger partial charge in [-0.2, -0.15) is 5.10 Å². The van der Waals surface area contributed by atoms with E-state index in [4.69, 9.17) is 4.74 Å². The molecule has 0 aliphatic heterocycles. The SMILES string of the molecule is CCC1CCC/C1=N\NC(=O)COc1cccc(C)c1. The van der Waals surface area contributed by atoms with Crippen LogP contribution in [-0.4, -0.2) is 18.2 Å². The number of benzene rings is 1. The predicted octanol–water partition coefficient (Wildman–Crippen LogP) is 3.06. The second kappa shape index (κ2) is 7.08. The van der Waals surface area contributed by atoms with Crippen molar-refractivity contribution in [1.82, 2.24) is 5.43 Å². The summed E-state index contributed by atoms with van der Waals surface area (Å²) in [4.78, 5) is 11.7. The maximum atomic E-state index is 11.7. The fourth-order valence-corrected chi connectivity index (χ4v) is 2.51. The summed E-state index contributed by atoms with van der Waals surface area (Å²) in [6, 6.07) is 7.65. The summed E-state index contributed by atoms with van der Waals surface area (Å²) in [7, 11) is 0. The van der Waals surface area contributed by atoms with Crippen molar-refractivity contribution < 1.29 is 9.53 Å². The number of ether oxygens (including phenoxy) is 1. The van der Waals surface area contributed by atoms with E-state index in [1.54, 1.807) is 0 Å². The van der Waals surface area contributed by atoms with Crippen molar-refractivity contribution in [3.05, 3.63) is 29.8 Å². The van der Waals surface area contributed by atoms with Gasteiger partial charge in [0, 0.05) is 5.71 Å². The number of nitrogens with one attached hydrogen (secondary N) is 1. The summed E-state index contributed by atoms with van der Waals surface area (Å²) in [6.07, 6.45) is 4.45. The Labute approximate surface area is 120 Å². The highest BCUT2D eigenvalue weighted by atomic mass is 16.5. The van der Waals surface area contributed by atoms with Gasteiger partial charge in [-0.3, -0.25) is 4.79 Å². The molecule has 0 heterocycles. The van der Waals surface area contributed by atoms with Gasteiger partial charge < -0.3 is 4.74 Å². The quantitative estimate of drug-likeness (QED) is 0.839. The lowest BCUT2D eigenvalue weighted by atomic mass is 10.0. The molecule has 1 aromatic carbocycles. The lowest BCUT2D eigenvalue weighted by Gasteiger charge is -2.08. The zero-order valence-corrected chi connectivity index (χ0v) is 12.2. The Bertz CT molecular complexity index is 497. The average molecular weight is 274 g/mol. The van der Waals surface area contributed by atoms with Gasteiger partial charge in [0.1, 0.15) is 5.75 Å². The van der Waals surface area contributed by atoms with E-state index >= 15 is 0 Å². The zero-order valence-electron chi connectivity index (χ0n) is 12.2. The van der Waals surface area contributed by atoms with Crippen molar-refractivity contribution in [2.24, 2.45) is 11.0 Å². The molecule has 1 atom stereocenters. The number of hydrazone groups is 1. The van der Waals surface area contributed by atoms with Crippen molar-refractivity contribution in [3.63, 3.8) is 0 Å². The molecule has 4 heteroatoms. The molecular weight excluding hydrogens is 252 g/mol. The van der Waals surface area contributed by atoms with Crippen LogP contribution in [0.5, 0.6) is 5.75 Å². The van der Waals surface area contributed by atoms with Gasteiger partial charge in [0.05, 0.1) is 0 Å². The Morgan fingerprint density at radius 1 is 1.50 bits per heavy atom. The largest absolute Gasteiger partial charge is 0.484 e. The number of hydrogen-bond acceptors (Lipinski definition) is 3. The molecule has 1 N–H and O–H groups in total. The first-order valence-corrected chi connectivity index (χ1v) is 7.23. The van der Waals surface area contributed by atoms with Crippen molar-refractivity contribution in [2.45, 2.75) is 39.5 Å². The van der Waals surface area contributed by atoms with Gasteiger partial charge >= 0.3 is 0 Å². The van der Waals surface area contributed by atoms with Crippen LogP contribution in [0.4, 0.5) is 0 Å². The molecule has 108 valence electrons. The molecule has 1 aliphatic carbocycles. The first kappa shape index (κ1) is 14.6. The first-order chi connectivity index (χ1) is 9.69. The van der Waals surface area contributed by atoms with Gasteiger partial charge in [-0.25, -0.2) is 5.43 Å². The number of rotatable bonds is 5. The first-order valence-electron chi connectivity index (χ1n) is 7.23. The minimum Gasteiger partial charge on any atom is -0.484 e. The standard InChI is InChI=1S/C16H22N2O2/c1-3-13-7-5-9-15(13)17-18-16(19)11-20-14-8-4-6-12(2)10-14/h4,6,8,10,13H,3,5,7,9,11H2,1-2H3,(H,18,19)/b17-15+. The van der Waals surface area contributed by atoms with Gasteiger partial charge in [0.25, 0.3) is 5.91 Å². The maximum absolute atomic E-state index is 11.7. The minimum atomic E-state index is -0.208. The summed E-state index contributed by atoms with van der Waals surface area (Å²) >= 11 is 0. The summed E-state index contributed by atoms with van der Waals surface area (Å²) in [5, 5.41) is 4.24. The van der Waals surface area contributed by atoms with E-state index in [2.05, 4.69) is 17.5 Å². The maximum Gasteiger partial charge on any atom is 0.277 e. The molecule has 1 aromatic rings. The van der Waals surface area contributed by atoms with Crippen molar-refractivity contribution in [3.8, 4) is 5.75 Å². The zero-order chi connectivity index (χ0) is 14.4. The Hall–Kier alpha value is -1.84. The Balaban J connectivity index is 1.80. The van der Waals surface area contributed by atoms with Crippen molar-refractivity contribution >= 4 is 11.6 Å². The average Bonchev–Trinajstić information content (AvgIpc) is 2.90. The predicted molar refractivity (Wildman–Crippen MR) is 79.9 cm³/mol. The summed E-state index contributed by atoms with van der Waals surface area (Å²) in [6.45, 7) is 4.15. The van der Waals surface area contributed by atoms with E-state index in [9.17, 15) is 4.79 Å². The summed E-state index contributed by atoms with van der Waals surface area (Å²) in [5.41, 5.74) is 4.83. The molecule has 0 aromatic heterocycles. The number of carbonyl (C=O) groups excluding carboxylic acids is 1. The van der Waals surface area contributed by atoms with Gasteiger partial charge in [0.2, 0.25) is 0 Å². The smallest absolute Gasteiger partial charge is 0.277 e. The highest BCUT2D eigenvalue weighted by Gasteiger charge is 2.20. The minimum absolute atomic E-state index is 0.00295. The number of aryl methyl sites for hydroxylation is 1. The van der Waals surface area contributed by atoms with E-state index in [1.807, 2.05) is 31.2 Å². The normalized spacial score (nSPS) is 20.1. The number of amides is 1. The lowest BCUT2D eigenvalue weighted by molar-refractivity contribution is -0.123. The van der Waals surface area contributed by atoms with Gasteiger partial charge in [-0.05, 0) is 56.2 Å². The Kier molecular flexibility index (Phi) is 5.16. The molecule has 0 bridgehead atoms. The molecule has 0 saturated heterocycles. The fraction of sp³-hybridized carbons (Fsp3) is 0.500. The lowest BCUT2D eigenvalue weighted by Crippen LogP contribution is -2.26. The number of hydrogen-bond donors (Lipinski definition) is 1. The van der Waals surface area contributed by atoms with Crippen LogP contribution in [0.1, 0.15) is 38.2 Å². The van der Waals surface area contributed by atoms with E-state index in [0.29, 0.717) is 11.7 Å². The van der Waals surface area contributed by atoms with E-state index in [0.717, 1.165) is 24.1 Å². The highest BCUT2D eigenvalue weighted by Crippen LogP contribution is 2.24. The molecule has 2 rings (SSSR count). The van der Waals surface area contributed by atoms with Crippen LogP contribution in [-0.2, 0) is 4.79 Å². The third-order valence-corrected chi connectivity index (χ3v) is 3.63. The molecule has 1 saturated carbocycles. The molecule has 1 unspecified atom stereocenters. The highest BCUT2D eigenvalue weighted by molar-refractivity contribution is 5.89. The number of nitrogens with zero attached hydrogens (tertiary/aromatic N) is 1. The van der Waals surface area contributed by atoms with Crippen LogP contribution in [0.25, 0.3) is 0 Å². The molecule has 20 heavy (non-hydrogen) atoms. The second-order valence-electron chi connectivity index (χ2n) is 5.24. The van der Waals surface area contributed by atoms with Crippen LogP contribution in [0.15, 0.2) is 29.4 Å². The van der Waals surface area contributed by atoms with Crippen LogP contribution >= 0.6 is 0 Å². The van der Waals surface area contributed by atoms with Crippen LogP contribution in [0.2, 0.25) is 0 Å². The molecule has 1 fully saturated rings.